The minimum atomic E-state index is 0.860. The van der Waals surface area contributed by atoms with E-state index < -0.39 is 0 Å². The van der Waals surface area contributed by atoms with Gasteiger partial charge in [-0.25, -0.2) is 0 Å². The van der Waals surface area contributed by atoms with Crippen LogP contribution in [0.1, 0.15) is 12.8 Å². The lowest BCUT2D eigenvalue weighted by Crippen LogP contribution is -2.18. The lowest BCUT2D eigenvalue weighted by molar-refractivity contribution is 0.396. The number of nitrogens with zero attached hydrogens (tertiary/aromatic N) is 1. The van der Waals surface area contributed by atoms with Crippen molar-refractivity contribution in [1.29, 1.82) is 0 Å². The molecule has 0 radical (unpaired) electrons. The summed E-state index contributed by atoms with van der Waals surface area (Å²) in [6.07, 6.45) is 7.34. The van der Waals surface area contributed by atoms with Crippen molar-refractivity contribution in [2.75, 3.05) is 6.54 Å². The van der Waals surface area contributed by atoms with Crippen LogP contribution in [0.25, 0.3) is 0 Å². The summed E-state index contributed by atoms with van der Waals surface area (Å²) in [5.74, 6) is 0. The highest BCUT2D eigenvalue weighted by Crippen LogP contribution is 2.45. The summed E-state index contributed by atoms with van der Waals surface area (Å²) < 4.78 is 0. The second-order valence-corrected chi connectivity index (χ2v) is 3.05. The Morgan fingerprint density at radius 2 is 2.56 bits per heavy atom. The molecular formula is C8H9N. The number of hydrogen-bond donors (Lipinski definition) is 0. The molecule has 0 aromatic heterocycles. The molecule has 1 heteroatoms. The lowest BCUT2D eigenvalue weighted by atomic mass is 10.4. The van der Waals surface area contributed by atoms with Crippen molar-refractivity contribution in [2.24, 2.45) is 0 Å². The van der Waals surface area contributed by atoms with Gasteiger partial charge >= 0.3 is 0 Å². The summed E-state index contributed by atoms with van der Waals surface area (Å²) in [4.78, 5) is 2.52. The van der Waals surface area contributed by atoms with Crippen LogP contribution >= 0.6 is 0 Å². The molecule has 1 nitrogen and oxygen atoms in total. The zero-order valence-corrected chi connectivity index (χ0v) is 5.30. The predicted molar refractivity (Wildman–Crippen MR) is 35.9 cm³/mol. The number of fused-ring (bicyclic) bond motifs is 3. The van der Waals surface area contributed by atoms with Crippen LogP contribution in [0.15, 0.2) is 23.4 Å². The van der Waals surface area contributed by atoms with Crippen molar-refractivity contribution in [3.63, 3.8) is 0 Å². The van der Waals surface area contributed by atoms with Crippen LogP contribution in [0.2, 0.25) is 0 Å². The van der Waals surface area contributed by atoms with E-state index in [0.29, 0.717) is 0 Å². The van der Waals surface area contributed by atoms with E-state index in [1.807, 2.05) is 0 Å². The summed E-state index contributed by atoms with van der Waals surface area (Å²) in [5, 5.41) is 0. The molecule has 0 aromatic rings. The SMILES string of the molecule is C1=C2CC2N2CCC=C12. The van der Waals surface area contributed by atoms with Gasteiger partial charge in [-0.3, -0.25) is 0 Å². The van der Waals surface area contributed by atoms with Crippen molar-refractivity contribution in [2.45, 2.75) is 18.9 Å². The summed E-state index contributed by atoms with van der Waals surface area (Å²) in [5.41, 5.74) is 3.17. The lowest BCUT2D eigenvalue weighted by Gasteiger charge is -2.14. The van der Waals surface area contributed by atoms with E-state index in [2.05, 4.69) is 17.1 Å². The van der Waals surface area contributed by atoms with Gasteiger partial charge in [-0.2, -0.15) is 0 Å². The molecule has 0 saturated heterocycles. The first kappa shape index (κ1) is 4.15. The van der Waals surface area contributed by atoms with E-state index in [0.717, 1.165) is 6.04 Å². The fraction of sp³-hybridized carbons (Fsp3) is 0.500. The molecule has 46 valence electrons. The monoisotopic (exact) mass is 119 g/mol. The third-order valence-corrected chi connectivity index (χ3v) is 2.46. The minimum Gasteiger partial charge on any atom is -0.364 e. The Balaban J connectivity index is 2.12. The Morgan fingerprint density at radius 3 is 3.44 bits per heavy atom. The van der Waals surface area contributed by atoms with E-state index in [1.54, 1.807) is 5.57 Å². The highest BCUT2D eigenvalue weighted by molar-refractivity contribution is 5.46. The molecule has 2 heterocycles. The summed E-state index contributed by atoms with van der Waals surface area (Å²) in [7, 11) is 0. The smallest absolute Gasteiger partial charge is 0.0545 e. The molecule has 2 aliphatic heterocycles. The van der Waals surface area contributed by atoms with Crippen LogP contribution in [0.4, 0.5) is 0 Å². The second-order valence-electron chi connectivity index (χ2n) is 3.05. The van der Waals surface area contributed by atoms with Crippen molar-refractivity contribution in [3.8, 4) is 0 Å². The van der Waals surface area contributed by atoms with Crippen LogP contribution in [0, 0.1) is 0 Å². The Hall–Kier alpha value is -0.720. The maximum atomic E-state index is 2.52. The van der Waals surface area contributed by atoms with Crippen molar-refractivity contribution >= 4 is 0 Å². The van der Waals surface area contributed by atoms with Crippen LogP contribution in [-0.2, 0) is 0 Å². The molecule has 1 fully saturated rings. The normalized spacial score (nSPS) is 35.6. The Morgan fingerprint density at radius 1 is 1.56 bits per heavy atom. The second kappa shape index (κ2) is 1.08. The Bertz CT molecular complexity index is 225. The van der Waals surface area contributed by atoms with E-state index in [1.165, 1.54) is 25.1 Å². The summed E-state index contributed by atoms with van der Waals surface area (Å²) in [6, 6.07) is 0.860. The first-order chi connectivity index (χ1) is 4.45. The number of hydrogen-bond acceptors (Lipinski definition) is 1. The highest BCUT2D eigenvalue weighted by atomic mass is 15.2. The third kappa shape index (κ3) is 0.374. The van der Waals surface area contributed by atoms with Crippen LogP contribution in [0.5, 0.6) is 0 Å². The van der Waals surface area contributed by atoms with Gasteiger partial charge in [-0.15, -0.1) is 0 Å². The summed E-state index contributed by atoms with van der Waals surface area (Å²) >= 11 is 0. The molecular weight excluding hydrogens is 110 g/mol. The molecule has 9 heavy (non-hydrogen) atoms. The molecule has 0 amide bonds. The molecule has 0 N–H and O–H groups in total. The minimum absolute atomic E-state index is 0.860. The first-order valence-corrected chi connectivity index (χ1v) is 3.62. The van der Waals surface area contributed by atoms with Crippen molar-refractivity contribution in [1.82, 2.24) is 4.90 Å². The largest absolute Gasteiger partial charge is 0.364 e. The average Bonchev–Trinajstić information content (AvgIpc) is 2.38. The maximum Gasteiger partial charge on any atom is 0.0545 e. The fourth-order valence-corrected chi connectivity index (χ4v) is 1.90. The van der Waals surface area contributed by atoms with Crippen LogP contribution in [-0.4, -0.2) is 17.5 Å². The predicted octanol–water partition coefficient (Wildman–Crippen LogP) is 1.29. The van der Waals surface area contributed by atoms with Gasteiger partial charge in [0.2, 0.25) is 0 Å². The van der Waals surface area contributed by atoms with E-state index in [9.17, 15) is 0 Å². The van der Waals surface area contributed by atoms with Gasteiger partial charge in [0.1, 0.15) is 0 Å². The topological polar surface area (TPSA) is 3.24 Å². The number of rotatable bonds is 0. The molecule has 1 unspecified atom stereocenters. The van der Waals surface area contributed by atoms with Gasteiger partial charge in [-0.1, -0.05) is 6.08 Å². The fourth-order valence-electron chi connectivity index (χ4n) is 1.90. The Kier molecular flexibility index (Phi) is 0.500. The van der Waals surface area contributed by atoms with Crippen LogP contribution < -0.4 is 0 Å². The molecule has 1 saturated carbocycles. The van der Waals surface area contributed by atoms with Crippen molar-refractivity contribution < 1.29 is 0 Å². The molecule has 3 aliphatic rings. The zero-order chi connectivity index (χ0) is 5.84. The molecule has 0 bridgehead atoms. The molecule has 0 spiro atoms. The van der Waals surface area contributed by atoms with Gasteiger partial charge in [-0.05, 0) is 24.5 Å². The zero-order valence-electron chi connectivity index (χ0n) is 5.30. The Labute approximate surface area is 54.7 Å². The standard InChI is InChI=1S/C8H9N/c1-2-7-4-6-5-8(6)9(7)3-1/h2,4,8H,1,3,5H2. The molecule has 0 aromatic carbocycles. The molecule has 1 aliphatic carbocycles. The maximum absolute atomic E-state index is 2.52. The average molecular weight is 119 g/mol. The van der Waals surface area contributed by atoms with E-state index >= 15 is 0 Å². The third-order valence-electron chi connectivity index (χ3n) is 2.46. The van der Waals surface area contributed by atoms with E-state index in [4.69, 9.17) is 0 Å². The highest BCUT2D eigenvalue weighted by Gasteiger charge is 2.42. The summed E-state index contributed by atoms with van der Waals surface area (Å²) in [6.45, 7) is 1.28. The molecule has 1 atom stereocenters. The van der Waals surface area contributed by atoms with Gasteiger partial charge in [0.05, 0.1) is 6.04 Å². The van der Waals surface area contributed by atoms with Gasteiger partial charge in [0.15, 0.2) is 0 Å². The number of allylic oxidation sites excluding steroid dienone is 1. The molecule has 3 rings (SSSR count). The van der Waals surface area contributed by atoms with Crippen LogP contribution in [0.3, 0.4) is 0 Å². The first-order valence-electron chi connectivity index (χ1n) is 3.62. The van der Waals surface area contributed by atoms with Crippen molar-refractivity contribution in [3.05, 3.63) is 23.4 Å². The quantitative estimate of drug-likeness (QED) is 0.464. The van der Waals surface area contributed by atoms with Gasteiger partial charge in [0, 0.05) is 12.2 Å². The van der Waals surface area contributed by atoms with Gasteiger partial charge in [0.25, 0.3) is 0 Å². The van der Waals surface area contributed by atoms with E-state index in [-0.39, 0.29) is 0 Å². The van der Waals surface area contributed by atoms with Gasteiger partial charge < -0.3 is 4.90 Å².